The van der Waals surface area contributed by atoms with Crippen LogP contribution in [0.1, 0.15) is 47.4 Å². The topological polar surface area (TPSA) is 52.7 Å². The number of nitrogens with zero attached hydrogens (tertiary/aromatic N) is 2. The molecule has 4 rings (SSSR count). The molecule has 0 bridgehead atoms. The molecule has 3 aromatic rings. The van der Waals surface area contributed by atoms with E-state index in [0.29, 0.717) is 18.8 Å². The van der Waals surface area contributed by atoms with E-state index in [4.69, 9.17) is 0 Å². The van der Waals surface area contributed by atoms with Crippen molar-refractivity contribution < 1.29 is 14.0 Å². The highest BCUT2D eigenvalue weighted by Gasteiger charge is 2.29. The Kier molecular flexibility index (Phi) is 8.53. The number of carbonyl (C=O) groups is 2. The van der Waals surface area contributed by atoms with Crippen molar-refractivity contribution in [2.24, 2.45) is 0 Å². The van der Waals surface area contributed by atoms with E-state index < -0.39 is 0 Å². The van der Waals surface area contributed by atoms with Gasteiger partial charge in [-0.1, -0.05) is 49.6 Å². The van der Waals surface area contributed by atoms with Crippen molar-refractivity contribution >= 4 is 29.0 Å². The Bertz CT molecular complexity index is 1110. The summed E-state index contributed by atoms with van der Waals surface area (Å²) < 4.78 is 13.4. The molecule has 184 valence electrons. The Balaban J connectivity index is 1.54. The highest BCUT2D eigenvalue weighted by Crippen LogP contribution is 2.25. The summed E-state index contributed by atoms with van der Waals surface area (Å²) >= 11 is 1.65. The van der Waals surface area contributed by atoms with Crippen LogP contribution < -0.4 is 5.32 Å². The molecule has 0 atom stereocenters. The number of aryl methyl sites for hydroxylation is 1. The predicted octanol–water partition coefficient (Wildman–Crippen LogP) is 6.59. The highest BCUT2D eigenvalue weighted by atomic mass is 32.1. The zero-order valence-electron chi connectivity index (χ0n) is 20.1. The Morgan fingerprint density at radius 2 is 1.66 bits per heavy atom. The molecule has 0 radical (unpaired) electrons. The van der Waals surface area contributed by atoms with Gasteiger partial charge in [-0.3, -0.25) is 4.79 Å². The van der Waals surface area contributed by atoms with Crippen LogP contribution >= 0.6 is 11.3 Å². The number of para-hydroxylation sites is 1. The number of thiophene rings is 1. The number of nitrogens with one attached hydrogen (secondary N) is 1. The smallest absolute Gasteiger partial charge is 0.322 e. The van der Waals surface area contributed by atoms with Gasteiger partial charge in [0.25, 0.3) is 0 Å². The maximum atomic E-state index is 13.7. The van der Waals surface area contributed by atoms with Crippen LogP contribution in [-0.4, -0.2) is 34.3 Å². The maximum absolute atomic E-state index is 13.7. The van der Waals surface area contributed by atoms with Crippen molar-refractivity contribution in [1.29, 1.82) is 0 Å². The zero-order chi connectivity index (χ0) is 24.6. The van der Waals surface area contributed by atoms with Crippen LogP contribution in [0.3, 0.4) is 0 Å². The Hall–Kier alpha value is -3.19. The van der Waals surface area contributed by atoms with E-state index in [-0.39, 0.29) is 30.3 Å². The number of anilines is 1. The number of carbonyl (C=O) groups excluding carboxylic acids is 2. The summed E-state index contributed by atoms with van der Waals surface area (Å²) in [4.78, 5) is 32.7. The van der Waals surface area contributed by atoms with E-state index in [0.717, 1.165) is 42.5 Å². The molecular weight excluding hydrogens is 461 g/mol. The van der Waals surface area contributed by atoms with Gasteiger partial charge >= 0.3 is 6.03 Å². The molecule has 1 heterocycles. The zero-order valence-corrected chi connectivity index (χ0v) is 20.9. The molecular formula is C28H32FN3O2S. The molecule has 1 fully saturated rings. The second-order valence-corrected chi connectivity index (χ2v) is 10.5. The van der Waals surface area contributed by atoms with Gasteiger partial charge in [0, 0.05) is 28.0 Å². The standard InChI is InChI=1S/C28H32FN3O2S/c1-21-12-17-26(35-21)19-31(18-22-13-15-23(29)16-14-22)27(33)20-32(25-10-6-3-7-11-25)28(34)30-24-8-4-2-5-9-24/h2,4-5,8-9,12-17,25H,3,6-7,10-11,18-20H2,1H3,(H,30,34). The molecule has 35 heavy (non-hydrogen) atoms. The van der Waals surface area contributed by atoms with Crippen molar-refractivity contribution in [3.8, 4) is 0 Å². The first-order chi connectivity index (χ1) is 17.0. The summed E-state index contributed by atoms with van der Waals surface area (Å²) in [5.41, 5.74) is 1.56. The molecule has 1 saturated carbocycles. The summed E-state index contributed by atoms with van der Waals surface area (Å²) in [7, 11) is 0. The van der Waals surface area contributed by atoms with Crippen LogP contribution in [0.2, 0.25) is 0 Å². The summed E-state index contributed by atoms with van der Waals surface area (Å²) in [6.45, 7) is 2.86. The molecule has 0 aliphatic heterocycles. The van der Waals surface area contributed by atoms with Crippen LogP contribution in [0.25, 0.3) is 0 Å². The van der Waals surface area contributed by atoms with Gasteiger partial charge in [0.05, 0.1) is 6.54 Å². The second kappa shape index (κ2) is 12.0. The molecule has 1 aromatic heterocycles. The van der Waals surface area contributed by atoms with Gasteiger partial charge in [0.1, 0.15) is 12.4 Å². The maximum Gasteiger partial charge on any atom is 0.322 e. The van der Waals surface area contributed by atoms with Gasteiger partial charge in [-0.05, 0) is 61.7 Å². The quantitative estimate of drug-likeness (QED) is 0.385. The summed E-state index contributed by atoms with van der Waals surface area (Å²) in [5, 5.41) is 2.97. The van der Waals surface area contributed by atoms with E-state index in [1.54, 1.807) is 33.3 Å². The SMILES string of the molecule is Cc1ccc(CN(Cc2ccc(F)cc2)C(=O)CN(C(=O)Nc2ccccc2)C2CCCCC2)s1. The molecule has 7 heteroatoms. The molecule has 1 aliphatic carbocycles. The van der Waals surface area contributed by atoms with Crippen LogP contribution in [0, 0.1) is 12.7 Å². The van der Waals surface area contributed by atoms with Gasteiger partial charge in [-0.15, -0.1) is 11.3 Å². The lowest BCUT2D eigenvalue weighted by Crippen LogP contribution is -2.49. The molecule has 1 aliphatic rings. The third kappa shape index (κ3) is 7.15. The van der Waals surface area contributed by atoms with Crippen LogP contribution in [0.4, 0.5) is 14.9 Å². The first-order valence-corrected chi connectivity index (χ1v) is 13.0. The largest absolute Gasteiger partial charge is 0.332 e. The number of rotatable bonds is 8. The van der Waals surface area contributed by atoms with Gasteiger partial charge in [0.2, 0.25) is 5.91 Å². The van der Waals surface area contributed by atoms with Crippen molar-refractivity contribution in [2.75, 3.05) is 11.9 Å². The van der Waals surface area contributed by atoms with Crippen LogP contribution in [0.5, 0.6) is 0 Å². The number of halogens is 1. The fraction of sp³-hybridized carbons (Fsp3) is 0.357. The molecule has 0 spiro atoms. The normalized spacial score (nSPS) is 13.9. The molecule has 3 amide bonds. The van der Waals surface area contributed by atoms with E-state index in [1.165, 1.54) is 17.0 Å². The molecule has 5 nitrogen and oxygen atoms in total. The molecule has 1 N–H and O–H groups in total. The Labute approximate surface area is 210 Å². The van der Waals surface area contributed by atoms with E-state index in [1.807, 2.05) is 49.4 Å². The average Bonchev–Trinajstić information content (AvgIpc) is 3.29. The first-order valence-electron chi connectivity index (χ1n) is 12.2. The predicted molar refractivity (Wildman–Crippen MR) is 139 cm³/mol. The highest BCUT2D eigenvalue weighted by molar-refractivity contribution is 7.11. The van der Waals surface area contributed by atoms with Gasteiger partial charge in [0.15, 0.2) is 0 Å². The first kappa shape index (κ1) is 24.9. The van der Waals surface area contributed by atoms with Crippen molar-refractivity contribution in [1.82, 2.24) is 9.80 Å². The molecule has 0 saturated heterocycles. The molecule has 2 aromatic carbocycles. The Morgan fingerprint density at radius 1 is 0.943 bits per heavy atom. The van der Waals surface area contributed by atoms with Gasteiger partial charge < -0.3 is 15.1 Å². The fourth-order valence-corrected chi connectivity index (χ4v) is 5.43. The minimum atomic E-state index is -0.304. The summed E-state index contributed by atoms with van der Waals surface area (Å²) in [6.07, 6.45) is 5.08. The van der Waals surface area contributed by atoms with Crippen LogP contribution in [0.15, 0.2) is 66.7 Å². The van der Waals surface area contributed by atoms with E-state index in [9.17, 15) is 14.0 Å². The third-order valence-corrected chi connectivity index (χ3v) is 7.37. The lowest BCUT2D eigenvalue weighted by atomic mass is 9.94. The lowest BCUT2D eigenvalue weighted by molar-refractivity contribution is -0.133. The van der Waals surface area contributed by atoms with E-state index >= 15 is 0 Å². The van der Waals surface area contributed by atoms with Crippen LogP contribution in [-0.2, 0) is 17.9 Å². The third-order valence-electron chi connectivity index (χ3n) is 6.39. The lowest BCUT2D eigenvalue weighted by Gasteiger charge is -2.35. The number of hydrogen-bond donors (Lipinski definition) is 1. The number of amides is 3. The minimum Gasteiger partial charge on any atom is -0.332 e. The Morgan fingerprint density at radius 3 is 2.31 bits per heavy atom. The summed E-state index contributed by atoms with van der Waals surface area (Å²) in [6, 6.07) is 19.4. The fourth-order valence-electron chi connectivity index (χ4n) is 4.52. The average molecular weight is 494 g/mol. The molecule has 0 unspecified atom stereocenters. The number of hydrogen-bond acceptors (Lipinski definition) is 3. The monoisotopic (exact) mass is 493 g/mol. The summed E-state index contributed by atoms with van der Waals surface area (Å²) in [5.74, 6) is -0.421. The minimum absolute atomic E-state index is 0.00882. The number of urea groups is 1. The number of benzene rings is 2. The van der Waals surface area contributed by atoms with Crippen molar-refractivity contribution in [2.45, 2.75) is 58.2 Å². The van der Waals surface area contributed by atoms with Crippen molar-refractivity contribution in [3.63, 3.8) is 0 Å². The second-order valence-electron chi connectivity index (χ2n) is 9.10. The van der Waals surface area contributed by atoms with E-state index in [2.05, 4.69) is 5.32 Å². The van der Waals surface area contributed by atoms with Crippen molar-refractivity contribution in [3.05, 3.63) is 87.9 Å². The van der Waals surface area contributed by atoms with Gasteiger partial charge in [-0.25, -0.2) is 9.18 Å². The van der Waals surface area contributed by atoms with Gasteiger partial charge in [-0.2, -0.15) is 0 Å².